The first-order valence-electron chi connectivity index (χ1n) is 17.9. The summed E-state index contributed by atoms with van der Waals surface area (Å²) in [5.41, 5.74) is 1.35. The molecule has 10 atom stereocenters. The Bertz CT molecular complexity index is 1250. The summed E-state index contributed by atoms with van der Waals surface area (Å²) in [7, 11) is 0. The molecule has 0 aliphatic heterocycles. The van der Waals surface area contributed by atoms with Crippen molar-refractivity contribution in [2.75, 3.05) is 6.61 Å². The summed E-state index contributed by atoms with van der Waals surface area (Å²) in [6.07, 6.45) is 9.79. The van der Waals surface area contributed by atoms with Crippen molar-refractivity contribution in [2.45, 2.75) is 138 Å². The molecule has 0 saturated heterocycles. The van der Waals surface area contributed by atoms with Crippen LogP contribution in [0.4, 0.5) is 0 Å². The van der Waals surface area contributed by atoms with Crippen LogP contribution in [0.5, 0.6) is 0 Å². The zero-order valence-corrected chi connectivity index (χ0v) is 29.1. The van der Waals surface area contributed by atoms with Crippen LogP contribution in [0.15, 0.2) is 12.2 Å². The number of hydrogen-bond donors (Lipinski definition) is 2. The largest absolute Gasteiger partial charge is 0.481 e. The number of rotatable bonds is 10. The lowest BCUT2D eigenvalue weighted by molar-refractivity contribution is -0.252. The van der Waals surface area contributed by atoms with Crippen LogP contribution in [0, 0.1) is 56.7 Å². The fourth-order valence-corrected chi connectivity index (χ4v) is 12.7. The summed E-state index contributed by atoms with van der Waals surface area (Å²) in [4.78, 5) is 47.3. The Hall–Kier alpha value is -2.38. The molecule has 0 aromatic carbocycles. The van der Waals surface area contributed by atoms with Crippen molar-refractivity contribution < 1.29 is 38.9 Å². The van der Waals surface area contributed by atoms with E-state index in [1.165, 1.54) is 5.57 Å². The molecule has 46 heavy (non-hydrogen) atoms. The summed E-state index contributed by atoms with van der Waals surface area (Å²) < 4.78 is 11.9. The summed E-state index contributed by atoms with van der Waals surface area (Å²) in [6, 6.07) is 0. The van der Waals surface area contributed by atoms with Gasteiger partial charge in [0.1, 0.15) is 6.10 Å². The van der Waals surface area contributed by atoms with Gasteiger partial charge in [-0.3, -0.25) is 19.2 Å². The van der Waals surface area contributed by atoms with Gasteiger partial charge in [-0.15, -0.1) is 0 Å². The quantitative estimate of drug-likeness (QED) is 0.182. The molecule has 5 fully saturated rings. The summed E-state index contributed by atoms with van der Waals surface area (Å²) >= 11 is 0. The Kier molecular flexibility index (Phi) is 9.31. The highest BCUT2D eigenvalue weighted by Crippen LogP contribution is 2.77. The van der Waals surface area contributed by atoms with Crippen LogP contribution >= 0.6 is 0 Å². The van der Waals surface area contributed by atoms with Gasteiger partial charge in [-0.2, -0.15) is 0 Å². The Balaban J connectivity index is 1.38. The molecule has 0 spiro atoms. The van der Waals surface area contributed by atoms with Crippen LogP contribution in [0.3, 0.4) is 0 Å². The maximum atomic E-state index is 12.6. The van der Waals surface area contributed by atoms with Crippen LogP contribution in [0.25, 0.3) is 0 Å². The van der Waals surface area contributed by atoms with E-state index in [1.54, 1.807) is 0 Å². The molecule has 8 nitrogen and oxygen atoms in total. The van der Waals surface area contributed by atoms with Crippen molar-refractivity contribution >= 4 is 23.9 Å². The van der Waals surface area contributed by atoms with Crippen LogP contribution < -0.4 is 0 Å². The topological polar surface area (TPSA) is 127 Å². The highest BCUT2D eigenvalue weighted by atomic mass is 16.5. The van der Waals surface area contributed by atoms with Crippen LogP contribution in [0.1, 0.15) is 131 Å². The van der Waals surface area contributed by atoms with Crippen LogP contribution in [-0.2, 0) is 28.7 Å². The molecular formula is C38H58O8. The molecule has 2 N–H and O–H groups in total. The average Bonchev–Trinajstić information content (AvgIpc) is 3.36. The molecule has 5 saturated carbocycles. The van der Waals surface area contributed by atoms with Gasteiger partial charge >= 0.3 is 23.9 Å². The number of carbonyl (C=O) groups excluding carboxylic acids is 2. The van der Waals surface area contributed by atoms with Gasteiger partial charge in [0.05, 0.1) is 32.3 Å². The fraction of sp³-hybridized carbons (Fsp3) is 0.842. The lowest BCUT2D eigenvalue weighted by Crippen LogP contribution is -2.67. The lowest BCUT2D eigenvalue weighted by Gasteiger charge is -2.73. The number of carbonyl (C=O) groups is 4. The Morgan fingerprint density at radius 3 is 2.00 bits per heavy atom. The summed E-state index contributed by atoms with van der Waals surface area (Å²) in [6.45, 7) is 19.2. The number of carboxylic acids is 2. The van der Waals surface area contributed by atoms with Gasteiger partial charge in [-0.05, 0) is 117 Å². The molecular weight excluding hydrogens is 584 g/mol. The number of hydrogen-bond acceptors (Lipinski definition) is 6. The number of aliphatic carboxylic acids is 2. The van der Waals surface area contributed by atoms with E-state index in [-0.39, 0.29) is 58.9 Å². The molecule has 0 amide bonds. The second kappa shape index (κ2) is 12.3. The van der Waals surface area contributed by atoms with Crippen LogP contribution in [0.2, 0.25) is 0 Å². The maximum absolute atomic E-state index is 12.6. The third kappa shape index (κ3) is 5.61. The van der Waals surface area contributed by atoms with E-state index < -0.39 is 23.9 Å². The van der Waals surface area contributed by atoms with E-state index in [9.17, 15) is 19.2 Å². The SMILES string of the molecule is C=C(C)[C@H]1CC[C@@]2(COC(=O)CCC(=O)O)CC[C@@]3(C)[C@@H](CC[C@@H]4[C@]5(C)CC[C@H](OC(=O)CCC(=O)O)C(C)(C)[C@@H]5CC[C@@]43C)[C@H]12. The minimum absolute atomic E-state index is 0.0818. The third-order valence-electron chi connectivity index (χ3n) is 15.1. The van der Waals surface area contributed by atoms with Crippen molar-refractivity contribution in [1.29, 1.82) is 0 Å². The number of ether oxygens (including phenoxy) is 2. The van der Waals surface area contributed by atoms with Crippen molar-refractivity contribution in [2.24, 2.45) is 56.7 Å². The second-order valence-electron chi connectivity index (χ2n) is 17.3. The molecule has 5 aliphatic rings. The molecule has 0 heterocycles. The van der Waals surface area contributed by atoms with Gasteiger partial charge in [-0.1, -0.05) is 46.8 Å². The minimum atomic E-state index is -0.980. The smallest absolute Gasteiger partial charge is 0.306 e. The van der Waals surface area contributed by atoms with Crippen molar-refractivity contribution in [3.63, 3.8) is 0 Å². The van der Waals surface area contributed by atoms with Gasteiger partial charge < -0.3 is 19.7 Å². The maximum Gasteiger partial charge on any atom is 0.306 e. The van der Waals surface area contributed by atoms with Gasteiger partial charge in [0.25, 0.3) is 0 Å². The molecule has 5 rings (SSSR count). The number of esters is 2. The van der Waals surface area contributed by atoms with Crippen molar-refractivity contribution in [1.82, 2.24) is 0 Å². The Morgan fingerprint density at radius 1 is 0.717 bits per heavy atom. The average molecular weight is 643 g/mol. The number of allylic oxidation sites excluding steroid dienone is 1. The van der Waals surface area contributed by atoms with E-state index in [1.807, 2.05) is 0 Å². The molecule has 0 aromatic rings. The monoisotopic (exact) mass is 642 g/mol. The van der Waals surface area contributed by atoms with E-state index >= 15 is 0 Å². The predicted octanol–water partition coefficient (Wildman–Crippen LogP) is 7.83. The molecule has 258 valence electrons. The summed E-state index contributed by atoms with van der Waals surface area (Å²) in [5, 5.41) is 18.1. The van der Waals surface area contributed by atoms with E-state index in [0.717, 1.165) is 64.2 Å². The Labute approximate surface area is 275 Å². The lowest BCUT2D eigenvalue weighted by atomic mass is 9.32. The first kappa shape index (κ1) is 34.9. The van der Waals surface area contributed by atoms with Gasteiger partial charge in [-0.25, -0.2) is 0 Å². The zero-order chi connectivity index (χ0) is 33.9. The van der Waals surface area contributed by atoms with Crippen molar-refractivity contribution in [3.8, 4) is 0 Å². The molecule has 5 aliphatic carbocycles. The number of fused-ring (bicyclic) bond motifs is 7. The Morgan fingerprint density at radius 2 is 1.37 bits per heavy atom. The molecule has 0 aromatic heterocycles. The first-order chi connectivity index (χ1) is 21.4. The number of carboxylic acid groups (broad SMARTS) is 2. The summed E-state index contributed by atoms with van der Waals surface area (Å²) in [5.74, 6) is -0.505. The van der Waals surface area contributed by atoms with Gasteiger partial charge in [0.15, 0.2) is 0 Å². The molecule has 8 heteroatoms. The van der Waals surface area contributed by atoms with Crippen LogP contribution in [-0.4, -0.2) is 46.8 Å². The van der Waals surface area contributed by atoms with E-state index in [4.69, 9.17) is 19.7 Å². The predicted molar refractivity (Wildman–Crippen MR) is 174 cm³/mol. The van der Waals surface area contributed by atoms with E-state index in [0.29, 0.717) is 36.2 Å². The fourth-order valence-electron chi connectivity index (χ4n) is 12.7. The highest BCUT2D eigenvalue weighted by Gasteiger charge is 2.71. The highest BCUT2D eigenvalue weighted by molar-refractivity contribution is 5.77. The standard InChI is InChI=1S/C38H58O8/c1-23(2)24-14-19-38(22-45-31(43)12-10-29(39)40)21-20-36(6)25(33(24)38)8-9-27-35(5)17-16-28(46-32(44)13-11-30(41)42)34(3,4)26(35)15-18-37(27,36)7/h24-28,33H,1,8-22H2,2-7H3,(H,39,40)(H,41,42)/t24-,25+,26+,27-,28+,33+,35-,36+,37+,38+/m1/s1. The van der Waals surface area contributed by atoms with Gasteiger partial charge in [0, 0.05) is 10.8 Å². The normalized spacial score (nSPS) is 42.4. The molecule has 0 radical (unpaired) electrons. The van der Waals surface area contributed by atoms with Crippen molar-refractivity contribution in [3.05, 3.63) is 12.2 Å². The first-order valence-corrected chi connectivity index (χ1v) is 17.9. The minimum Gasteiger partial charge on any atom is -0.481 e. The zero-order valence-electron chi connectivity index (χ0n) is 29.1. The second-order valence-corrected chi connectivity index (χ2v) is 17.3. The molecule has 0 bridgehead atoms. The van der Waals surface area contributed by atoms with Gasteiger partial charge in [0.2, 0.25) is 0 Å². The molecule has 0 unspecified atom stereocenters. The third-order valence-corrected chi connectivity index (χ3v) is 15.1. The van der Waals surface area contributed by atoms with E-state index in [2.05, 4.69) is 48.1 Å².